The molecule has 3 aromatic carbocycles. The van der Waals surface area contributed by atoms with E-state index in [2.05, 4.69) is 20.7 Å². The van der Waals surface area contributed by atoms with E-state index >= 15 is 0 Å². The van der Waals surface area contributed by atoms with Gasteiger partial charge in [-0.15, -0.1) is 10.2 Å². The minimum Gasteiger partial charge on any atom is -0.272 e. The van der Waals surface area contributed by atoms with Crippen LogP contribution in [0.25, 0.3) is 17.1 Å². The number of halogens is 4. The maximum atomic E-state index is 13.1. The van der Waals surface area contributed by atoms with Crippen LogP contribution in [0.2, 0.25) is 5.02 Å². The Kier molecular flexibility index (Phi) is 7.52. The molecule has 35 heavy (non-hydrogen) atoms. The Labute approximate surface area is 207 Å². The van der Waals surface area contributed by atoms with Gasteiger partial charge < -0.3 is 0 Å². The summed E-state index contributed by atoms with van der Waals surface area (Å²) in [5.41, 5.74) is 2.85. The van der Waals surface area contributed by atoms with Gasteiger partial charge in [-0.05, 0) is 30.3 Å². The zero-order chi connectivity index (χ0) is 24.8. The molecular formula is C24H17ClF3N5OS. The van der Waals surface area contributed by atoms with Gasteiger partial charge in [-0.1, -0.05) is 71.9 Å². The highest BCUT2D eigenvalue weighted by molar-refractivity contribution is 7.99. The lowest BCUT2D eigenvalue weighted by atomic mass is 10.1. The number of amides is 1. The number of rotatable bonds is 7. The van der Waals surface area contributed by atoms with E-state index in [1.165, 1.54) is 18.2 Å². The minimum absolute atomic E-state index is 0.0846. The Morgan fingerprint density at radius 2 is 1.69 bits per heavy atom. The Morgan fingerprint density at radius 1 is 1.00 bits per heavy atom. The number of hydrogen-bond acceptors (Lipinski definition) is 5. The fourth-order valence-electron chi connectivity index (χ4n) is 3.16. The van der Waals surface area contributed by atoms with Gasteiger partial charge in [-0.25, -0.2) is 5.43 Å². The summed E-state index contributed by atoms with van der Waals surface area (Å²) in [6.45, 7) is 0. The number of aromatic nitrogens is 3. The number of nitrogens with zero attached hydrogens (tertiary/aromatic N) is 4. The largest absolute Gasteiger partial charge is 0.417 e. The molecule has 0 radical (unpaired) electrons. The van der Waals surface area contributed by atoms with E-state index in [0.29, 0.717) is 16.0 Å². The number of hydrazone groups is 1. The fraction of sp³-hybridized carbons (Fsp3) is 0.0833. The number of carbonyl (C=O) groups excluding carboxylic acids is 1. The zero-order valence-electron chi connectivity index (χ0n) is 17.9. The maximum Gasteiger partial charge on any atom is 0.417 e. The van der Waals surface area contributed by atoms with Crippen molar-refractivity contribution >= 4 is 35.5 Å². The molecule has 0 fully saturated rings. The smallest absolute Gasteiger partial charge is 0.272 e. The van der Waals surface area contributed by atoms with E-state index in [0.717, 1.165) is 35.3 Å². The average molecular weight is 516 g/mol. The van der Waals surface area contributed by atoms with E-state index in [1.807, 2.05) is 42.5 Å². The standard InChI is InChI=1S/C24H17ClF3N5OS/c25-18-10-12-19(13-11-18)33-22(16-6-2-1-3-7-16)31-32-23(33)35-15-21(34)30-29-14-17-8-4-5-9-20(17)24(26,27)28/h1-14H,15H2,(H,30,34)/b29-14+. The van der Waals surface area contributed by atoms with Crippen LogP contribution in [0.5, 0.6) is 0 Å². The van der Waals surface area contributed by atoms with Crippen molar-refractivity contribution in [2.75, 3.05) is 5.75 Å². The van der Waals surface area contributed by atoms with Crippen LogP contribution in [0.15, 0.2) is 89.1 Å². The summed E-state index contributed by atoms with van der Waals surface area (Å²) in [4.78, 5) is 12.3. The molecule has 1 aromatic heterocycles. The summed E-state index contributed by atoms with van der Waals surface area (Å²) < 4.78 is 41.1. The summed E-state index contributed by atoms with van der Waals surface area (Å²) in [5.74, 6) is -0.0149. The molecule has 4 rings (SSSR count). The molecule has 4 aromatic rings. The van der Waals surface area contributed by atoms with E-state index in [-0.39, 0.29) is 11.3 Å². The third-order valence-electron chi connectivity index (χ3n) is 4.74. The van der Waals surface area contributed by atoms with E-state index in [9.17, 15) is 18.0 Å². The Bertz CT molecular complexity index is 1340. The molecule has 1 heterocycles. The highest BCUT2D eigenvalue weighted by Gasteiger charge is 2.32. The first-order chi connectivity index (χ1) is 16.8. The van der Waals surface area contributed by atoms with Crippen molar-refractivity contribution in [3.8, 4) is 17.1 Å². The molecule has 178 valence electrons. The highest BCUT2D eigenvalue weighted by Crippen LogP contribution is 2.31. The maximum absolute atomic E-state index is 13.1. The first kappa shape index (κ1) is 24.5. The normalized spacial score (nSPS) is 11.7. The van der Waals surface area contributed by atoms with Gasteiger partial charge in [-0.3, -0.25) is 9.36 Å². The van der Waals surface area contributed by atoms with Crippen molar-refractivity contribution in [1.82, 2.24) is 20.2 Å². The molecule has 0 aliphatic rings. The summed E-state index contributed by atoms with van der Waals surface area (Å²) >= 11 is 7.14. The monoisotopic (exact) mass is 515 g/mol. The van der Waals surface area contributed by atoms with E-state index < -0.39 is 17.6 Å². The lowest BCUT2D eigenvalue weighted by Gasteiger charge is -2.10. The van der Waals surface area contributed by atoms with Gasteiger partial charge in [0, 0.05) is 21.8 Å². The Balaban J connectivity index is 1.49. The summed E-state index contributed by atoms with van der Waals surface area (Å²) in [6.07, 6.45) is -3.56. The van der Waals surface area contributed by atoms with Gasteiger partial charge in [0.05, 0.1) is 17.5 Å². The third-order valence-corrected chi connectivity index (χ3v) is 5.92. The lowest BCUT2D eigenvalue weighted by molar-refractivity contribution is -0.137. The second kappa shape index (κ2) is 10.7. The van der Waals surface area contributed by atoms with Gasteiger partial charge in [0.1, 0.15) is 0 Å². The van der Waals surface area contributed by atoms with Gasteiger partial charge in [0.25, 0.3) is 5.91 Å². The van der Waals surface area contributed by atoms with Crippen LogP contribution in [0.3, 0.4) is 0 Å². The van der Waals surface area contributed by atoms with Crippen molar-refractivity contribution in [2.45, 2.75) is 11.3 Å². The Morgan fingerprint density at radius 3 is 2.40 bits per heavy atom. The van der Waals surface area contributed by atoms with Crippen LogP contribution in [-0.2, 0) is 11.0 Å². The first-order valence-electron chi connectivity index (χ1n) is 10.2. The number of nitrogens with one attached hydrogen (secondary N) is 1. The van der Waals surface area contributed by atoms with Crippen molar-refractivity contribution in [3.63, 3.8) is 0 Å². The molecule has 1 amide bonds. The number of carbonyl (C=O) groups is 1. The van der Waals surface area contributed by atoms with Gasteiger partial charge >= 0.3 is 6.18 Å². The van der Waals surface area contributed by atoms with Crippen LogP contribution in [0.1, 0.15) is 11.1 Å². The second-order valence-electron chi connectivity index (χ2n) is 7.15. The molecule has 0 aliphatic carbocycles. The van der Waals surface area contributed by atoms with Crippen LogP contribution in [-0.4, -0.2) is 32.6 Å². The van der Waals surface area contributed by atoms with E-state index in [4.69, 9.17) is 11.6 Å². The molecule has 0 saturated heterocycles. The molecule has 0 spiro atoms. The second-order valence-corrected chi connectivity index (χ2v) is 8.53. The van der Waals surface area contributed by atoms with Crippen molar-refractivity contribution < 1.29 is 18.0 Å². The average Bonchev–Trinajstić information content (AvgIpc) is 3.27. The zero-order valence-corrected chi connectivity index (χ0v) is 19.5. The number of thioether (sulfide) groups is 1. The molecule has 0 unspecified atom stereocenters. The Hall–Kier alpha value is -3.63. The SMILES string of the molecule is O=C(CSc1nnc(-c2ccccc2)n1-c1ccc(Cl)cc1)N/N=C/c1ccccc1C(F)(F)F. The quantitative estimate of drug-likeness (QED) is 0.190. The molecule has 0 atom stereocenters. The summed E-state index contributed by atoms with van der Waals surface area (Å²) in [5, 5.41) is 13.2. The molecule has 0 bridgehead atoms. The minimum atomic E-state index is -4.52. The van der Waals surface area contributed by atoms with Gasteiger partial charge in [0.15, 0.2) is 11.0 Å². The first-order valence-corrected chi connectivity index (χ1v) is 11.6. The van der Waals surface area contributed by atoms with E-state index in [1.54, 1.807) is 16.7 Å². The number of hydrogen-bond donors (Lipinski definition) is 1. The molecule has 0 saturated carbocycles. The summed E-state index contributed by atoms with van der Waals surface area (Å²) in [7, 11) is 0. The highest BCUT2D eigenvalue weighted by atomic mass is 35.5. The fourth-order valence-corrected chi connectivity index (χ4v) is 4.03. The molecule has 0 aliphatic heterocycles. The lowest BCUT2D eigenvalue weighted by Crippen LogP contribution is -2.20. The van der Waals surface area contributed by atoms with Crippen molar-refractivity contribution in [2.24, 2.45) is 5.10 Å². The van der Waals surface area contributed by atoms with Crippen molar-refractivity contribution in [3.05, 3.63) is 95.0 Å². The van der Waals surface area contributed by atoms with Crippen LogP contribution >= 0.6 is 23.4 Å². The predicted octanol–water partition coefficient (Wildman–Crippen LogP) is 5.85. The third kappa shape index (κ3) is 6.09. The van der Waals surface area contributed by atoms with Crippen LogP contribution in [0, 0.1) is 0 Å². The summed E-state index contributed by atoms with van der Waals surface area (Å²) in [6, 6.07) is 21.5. The topological polar surface area (TPSA) is 72.2 Å². The molecule has 11 heteroatoms. The van der Waals surface area contributed by atoms with Crippen LogP contribution in [0.4, 0.5) is 13.2 Å². The van der Waals surface area contributed by atoms with Crippen molar-refractivity contribution in [1.29, 1.82) is 0 Å². The van der Waals surface area contributed by atoms with Gasteiger partial charge in [0.2, 0.25) is 0 Å². The predicted molar refractivity (Wildman–Crippen MR) is 130 cm³/mol. The van der Waals surface area contributed by atoms with Crippen LogP contribution < -0.4 is 5.43 Å². The van der Waals surface area contributed by atoms with Gasteiger partial charge in [-0.2, -0.15) is 18.3 Å². The number of benzene rings is 3. The molecular weight excluding hydrogens is 499 g/mol. The molecule has 6 nitrogen and oxygen atoms in total. The number of alkyl halides is 3. The molecule has 1 N–H and O–H groups in total.